The average Bonchev–Trinajstić information content (AvgIpc) is 2.09. The topological polar surface area (TPSA) is 27.0 Å². The highest BCUT2D eigenvalue weighted by atomic mass is 79.9. The van der Waals surface area contributed by atoms with Crippen LogP contribution in [0.2, 0.25) is 0 Å². The molecule has 0 saturated carbocycles. The molecular formula is C10H11BrN2. The van der Waals surface area contributed by atoms with Gasteiger partial charge in [-0.1, -0.05) is 34.1 Å². The number of benzene rings is 1. The van der Waals surface area contributed by atoms with E-state index in [2.05, 4.69) is 22.0 Å². The van der Waals surface area contributed by atoms with E-state index in [4.69, 9.17) is 5.26 Å². The Hall–Kier alpha value is -0.850. The Balaban J connectivity index is 3.07. The molecule has 0 bridgehead atoms. The molecule has 0 aliphatic rings. The minimum atomic E-state index is -0.185. The third kappa shape index (κ3) is 2.30. The molecule has 0 unspecified atom stereocenters. The highest BCUT2D eigenvalue weighted by Gasteiger charge is 2.14. The minimum absolute atomic E-state index is 0.185. The van der Waals surface area contributed by atoms with Crippen LogP contribution in [0.3, 0.4) is 0 Å². The lowest BCUT2D eigenvalue weighted by atomic mass is 10.1. The van der Waals surface area contributed by atoms with Gasteiger partial charge in [0.05, 0.1) is 6.07 Å². The first kappa shape index (κ1) is 10.2. The average molecular weight is 239 g/mol. The van der Waals surface area contributed by atoms with Crippen molar-refractivity contribution in [1.82, 2.24) is 4.90 Å². The fraction of sp³-hybridized carbons (Fsp3) is 0.300. The second kappa shape index (κ2) is 4.40. The van der Waals surface area contributed by atoms with Gasteiger partial charge in [-0.3, -0.25) is 4.90 Å². The zero-order valence-electron chi connectivity index (χ0n) is 7.66. The largest absolute Gasteiger partial charge is 0.290 e. The van der Waals surface area contributed by atoms with Crippen molar-refractivity contribution < 1.29 is 0 Å². The Bertz CT molecular complexity index is 328. The molecule has 0 spiro atoms. The molecule has 0 aliphatic carbocycles. The van der Waals surface area contributed by atoms with Gasteiger partial charge in [0.2, 0.25) is 0 Å². The van der Waals surface area contributed by atoms with Gasteiger partial charge in [-0.2, -0.15) is 5.26 Å². The maximum Gasteiger partial charge on any atom is 0.124 e. The molecule has 0 aliphatic heterocycles. The van der Waals surface area contributed by atoms with Crippen LogP contribution in [0.1, 0.15) is 11.6 Å². The van der Waals surface area contributed by atoms with E-state index in [9.17, 15) is 0 Å². The zero-order chi connectivity index (χ0) is 9.84. The predicted molar refractivity (Wildman–Crippen MR) is 56.2 cm³/mol. The van der Waals surface area contributed by atoms with Crippen molar-refractivity contribution >= 4 is 15.9 Å². The molecular weight excluding hydrogens is 228 g/mol. The Morgan fingerprint density at radius 3 is 2.46 bits per heavy atom. The van der Waals surface area contributed by atoms with Crippen LogP contribution in [0.5, 0.6) is 0 Å². The summed E-state index contributed by atoms with van der Waals surface area (Å²) >= 11 is 3.43. The molecule has 2 nitrogen and oxygen atoms in total. The molecule has 68 valence electrons. The van der Waals surface area contributed by atoms with Crippen LogP contribution in [-0.2, 0) is 0 Å². The van der Waals surface area contributed by atoms with Crippen molar-refractivity contribution in [2.45, 2.75) is 6.04 Å². The quantitative estimate of drug-likeness (QED) is 0.793. The lowest BCUT2D eigenvalue weighted by Crippen LogP contribution is -2.18. The first-order valence-corrected chi connectivity index (χ1v) is 4.76. The fourth-order valence-corrected chi connectivity index (χ4v) is 1.66. The van der Waals surface area contributed by atoms with Crippen molar-refractivity contribution in [3.05, 3.63) is 34.3 Å². The lowest BCUT2D eigenvalue weighted by Gasteiger charge is -2.18. The van der Waals surface area contributed by atoms with Crippen molar-refractivity contribution in [3.63, 3.8) is 0 Å². The van der Waals surface area contributed by atoms with Gasteiger partial charge < -0.3 is 0 Å². The van der Waals surface area contributed by atoms with E-state index in [1.54, 1.807) is 0 Å². The highest BCUT2D eigenvalue weighted by Crippen LogP contribution is 2.25. The monoisotopic (exact) mass is 238 g/mol. The molecule has 1 aromatic rings. The van der Waals surface area contributed by atoms with Gasteiger partial charge >= 0.3 is 0 Å². The maximum atomic E-state index is 8.96. The van der Waals surface area contributed by atoms with Crippen LogP contribution in [0.4, 0.5) is 0 Å². The third-order valence-electron chi connectivity index (χ3n) is 1.84. The fourth-order valence-electron chi connectivity index (χ4n) is 1.16. The van der Waals surface area contributed by atoms with Crippen molar-refractivity contribution in [3.8, 4) is 6.07 Å². The summed E-state index contributed by atoms with van der Waals surface area (Å²) in [6, 6.07) is 9.85. The Morgan fingerprint density at radius 1 is 1.38 bits per heavy atom. The molecule has 0 saturated heterocycles. The standard InChI is InChI=1S/C10H11BrN2/c1-13(2)10(7-12)8-5-3-4-6-9(8)11/h3-6,10H,1-2H3/t10-/m1/s1. The summed E-state index contributed by atoms with van der Waals surface area (Å²) in [5.41, 5.74) is 1.01. The molecule has 0 fully saturated rings. The normalized spacial score (nSPS) is 12.5. The Kier molecular flexibility index (Phi) is 3.47. The SMILES string of the molecule is CN(C)[C@H](C#N)c1ccccc1Br. The molecule has 0 N–H and O–H groups in total. The van der Waals surface area contributed by atoms with E-state index in [0.717, 1.165) is 10.0 Å². The van der Waals surface area contributed by atoms with E-state index in [1.165, 1.54) is 0 Å². The number of hydrogen-bond acceptors (Lipinski definition) is 2. The van der Waals surface area contributed by atoms with Crippen LogP contribution in [0.15, 0.2) is 28.7 Å². The number of nitrogens with zero attached hydrogens (tertiary/aromatic N) is 2. The molecule has 0 heterocycles. The number of nitriles is 1. The second-order valence-electron chi connectivity index (χ2n) is 3.02. The predicted octanol–water partition coefficient (Wildman–Crippen LogP) is 2.58. The molecule has 0 aromatic heterocycles. The minimum Gasteiger partial charge on any atom is -0.290 e. The van der Waals surface area contributed by atoms with E-state index in [0.29, 0.717) is 0 Å². The highest BCUT2D eigenvalue weighted by molar-refractivity contribution is 9.10. The van der Waals surface area contributed by atoms with E-state index < -0.39 is 0 Å². The molecule has 1 atom stereocenters. The number of rotatable bonds is 2. The van der Waals surface area contributed by atoms with Gasteiger partial charge in [-0.25, -0.2) is 0 Å². The summed E-state index contributed by atoms with van der Waals surface area (Å²) in [4.78, 5) is 1.89. The molecule has 0 radical (unpaired) electrons. The second-order valence-corrected chi connectivity index (χ2v) is 3.87. The van der Waals surface area contributed by atoms with Gasteiger partial charge in [-0.15, -0.1) is 0 Å². The van der Waals surface area contributed by atoms with Crippen LogP contribution in [0.25, 0.3) is 0 Å². The van der Waals surface area contributed by atoms with Crippen LogP contribution < -0.4 is 0 Å². The van der Waals surface area contributed by atoms with Crippen molar-refractivity contribution in [1.29, 1.82) is 5.26 Å². The van der Waals surface area contributed by atoms with Crippen LogP contribution in [0, 0.1) is 11.3 Å². The van der Waals surface area contributed by atoms with Crippen molar-refractivity contribution in [2.75, 3.05) is 14.1 Å². The summed E-state index contributed by atoms with van der Waals surface area (Å²) in [5, 5.41) is 8.96. The van der Waals surface area contributed by atoms with E-state index in [1.807, 2.05) is 43.3 Å². The number of hydrogen-bond donors (Lipinski definition) is 0. The van der Waals surface area contributed by atoms with Gasteiger partial charge in [0.15, 0.2) is 0 Å². The summed E-state index contributed by atoms with van der Waals surface area (Å²) in [6.45, 7) is 0. The smallest absolute Gasteiger partial charge is 0.124 e. The molecule has 3 heteroatoms. The van der Waals surface area contributed by atoms with Crippen molar-refractivity contribution in [2.24, 2.45) is 0 Å². The number of halogens is 1. The zero-order valence-corrected chi connectivity index (χ0v) is 9.25. The van der Waals surface area contributed by atoms with E-state index in [-0.39, 0.29) is 6.04 Å². The van der Waals surface area contributed by atoms with Gasteiger partial charge in [0.25, 0.3) is 0 Å². The van der Waals surface area contributed by atoms with Crippen LogP contribution in [-0.4, -0.2) is 19.0 Å². The van der Waals surface area contributed by atoms with E-state index >= 15 is 0 Å². The van der Waals surface area contributed by atoms with Gasteiger partial charge in [-0.05, 0) is 25.7 Å². The Morgan fingerprint density at radius 2 is 2.00 bits per heavy atom. The van der Waals surface area contributed by atoms with Crippen LogP contribution >= 0.6 is 15.9 Å². The summed E-state index contributed by atoms with van der Waals surface area (Å²) in [5.74, 6) is 0. The maximum absolute atomic E-state index is 8.96. The summed E-state index contributed by atoms with van der Waals surface area (Å²) < 4.78 is 0.982. The third-order valence-corrected chi connectivity index (χ3v) is 2.56. The molecule has 13 heavy (non-hydrogen) atoms. The van der Waals surface area contributed by atoms with Gasteiger partial charge in [0.1, 0.15) is 6.04 Å². The molecule has 1 rings (SSSR count). The molecule has 1 aromatic carbocycles. The Labute approximate surface area is 86.9 Å². The summed E-state index contributed by atoms with van der Waals surface area (Å²) in [7, 11) is 3.79. The lowest BCUT2D eigenvalue weighted by molar-refractivity contribution is 0.357. The first-order chi connectivity index (χ1) is 6.16. The summed E-state index contributed by atoms with van der Waals surface area (Å²) in [6.07, 6.45) is 0. The molecule has 0 amide bonds. The first-order valence-electron chi connectivity index (χ1n) is 3.97. The van der Waals surface area contributed by atoms with Gasteiger partial charge in [0, 0.05) is 4.47 Å².